The molecule has 17 heavy (non-hydrogen) atoms. The third-order valence-corrected chi connectivity index (χ3v) is 2.35. The minimum Gasteiger partial charge on any atom is -0.473 e. The third-order valence-electron chi connectivity index (χ3n) is 2.35. The molecule has 0 unspecified atom stereocenters. The summed E-state index contributed by atoms with van der Waals surface area (Å²) < 4.78 is 18.1. The Labute approximate surface area is 100 Å². The lowest BCUT2D eigenvalue weighted by Crippen LogP contribution is -2.08. The first-order valence-electron chi connectivity index (χ1n) is 5.43. The van der Waals surface area contributed by atoms with E-state index >= 15 is 0 Å². The van der Waals surface area contributed by atoms with Crippen molar-refractivity contribution in [1.82, 2.24) is 0 Å². The van der Waals surface area contributed by atoms with Gasteiger partial charge >= 0.3 is 0 Å². The first-order valence-corrected chi connectivity index (χ1v) is 5.43. The standard InChI is InChI=1S/C14H14FNO/c1-11-3-2-4-13(9-11)16-10-17-14-7-5-12(15)6-8-14/h2-9,16H,10H2,1H3. The van der Waals surface area contributed by atoms with Crippen molar-refractivity contribution in [2.75, 3.05) is 12.0 Å². The Kier molecular flexibility index (Phi) is 3.60. The zero-order valence-corrected chi connectivity index (χ0v) is 9.61. The van der Waals surface area contributed by atoms with E-state index in [1.807, 2.05) is 31.2 Å². The molecule has 0 bridgehead atoms. The van der Waals surface area contributed by atoms with Crippen LogP contribution in [0.1, 0.15) is 5.56 Å². The average Bonchev–Trinajstić information content (AvgIpc) is 2.32. The summed E-state index contributed by atoms with van der Waals surface area (Å²) >= 11 is 0. The number of nitrogens with one attached hydrogen (secondary N) is 1. The number of rotatable bonds is 4. The maximum atomic E-state index is 12.6. The van der Waals surface area contributed by atoms with E-state index in [1.165, 1.54) is 17.7 Å². The molecule has 0 aliphatic carbocycles. The van der Waals surface area contributed by atoms with E-state index in [9.17, 15) is 4.39 Å². The molecular weight excluding hydrogens is 217 g/mol. The van der Waals surface area contributed by atoms with Gasteiger partial charge in [-0.05, 0) is 48.9 Å². The van der Waals surface area contributed by atoms with Crippen LogP contribution < -0.4 is 10.1 Å². The quantitative estimate of drug-likeness (QED) is 0.812. The normalized spacial score (nSPS) is 10.0. The van der Waals surface area contributed by atoms with Gasteiger partial charge in [0.25, 0.3) is 0 Å². The van der Waals surface area contributed by atoms with E-state index in [0.29, 0.717) is 12.5 Å². The average molecular weight is 231 g/mol. The van der Waals surface area contributed by atoms with E-state index in [-0.39, 0.29) is 5.82 Å². The van der Waals surface area contributed by atoms with Gasteiger partial charge in [-0.15, -0.1) is 0 Å². The summed E-state index contributed by atoms with van der Waals surface area (Å²) in [6.45, 7) is 2.39. The van der Waals surface area contributed by atoms with Crippen LogP contribution in [0.5, 0.6) is 5.75 Å². The second-order valence-corrected chi connectivity index (χ2v) is 3.79. The van der Waals surface area contributed by atoms with Gasteiger partial charge in [-0.2, -0.15) is 0 Å². The van der Waals surface area contributed by atoms with Crippen molar-refractivity contribution in [2.45, 2.75) is 6.92 Å². The third kappa shape index (κ3) is 3.48. The maximum absolute atomic E-state index is 12.6. The highest BCUT2D eigenvalue weighted by atomic mass is 19.1. The Balaban J connectivity index is 1.85. The Morgan fingerprint density at radius 3 is 2.59 bits per heavy atom. The Morgan fingerprint density at radius 2 is 1.88 bits per heavy atom. The predicted octanol–water partition coefficient (Wildman–Crippen LogP) is 3.58. The van der Waals surface area contributed by atoms with Crippen LogP contribution in [0.4, 0.5) is 10.1 Å². The SMILES string of the molecule is Cc1cccc(NCOc2ccc(F)cc2)c1. The molecule has 0 fully saturated rings. The minimum absolute atomic E-state index is 0.260. The van der Waals surface area contributed by atoms with Gasteiger partial charge in [0.05, 0.1) is 0 Å². The van der Waals surface area contributed by atoms with Crippen LogP contribution in [0.25, 0.3) is 0 Å². The molecule has 1 N–H and O–H groups in total. The van der Waals surface area contributed by atoms with Crippen molar-refractivity contribution in [3.8, 4) is 5.75 Å². The van der Waals surface area contributed by atoms with Crippen molar-refractivity contribution in [3.05, 3.63) is 59.9 Å². The first-order chi connectivity index (χ1) is 8.24. The fourth-order valence-electron chi connectivity index (χ4n) is 1.49. The van der Waals surface area contributed by atoms with Crippen LogP contribution in [0, 0.1) is 12.7 Å². The van der Waals surface area contributed by atoms with Crippen LogP contribution >= 0.6 is 0 Å². The molecule has 2 nitrogen and oxygen atoms in total. The smallest absolute Gasteiger partial charge is 0.159 e. The number of anilines is 1. The van der Waals surface area contributed by atoms with Crippen LogP contribution in [-0.4, -0.2) is 6.73 Å². The highest BCUT2D eigenvalue weighted by Crippen LogP contribution is 2.12. The molecule has 2 aromatic rings. The molecule has 2 rings (SSSR count). The lowest BCUT2D eigenvalue weighted by atomic mass is 10.2. The van der Waals surface area contributed by atoms with Gasteiger partial charge in [-0.3, -0.25) is 0 Å². The monoisotopic (exact) mass is 231 g/mol. The van der Waals surface area contributed by atoms with Crippen molar-refractivity contribution >= 4 is 5.69 Å². The van der Waals surface area contributed by atoms with E-state index < -0.39 is 0 Å². The molecule has 0 spiro atoms. The highest BCUT2D eigenvalue weighted by molar-refractivity contribution is 5.45. The number of hydrogen-bond acceptors (Lipinski definition) is 2. The van der Waals surface area contributed by atoms with Crippen molar-refractivity contribution in [2.24, 2.45) is 0 Å². The van der Waals surface area contributed by atoms with Gasteiger partial charge in [0.1, 0.15) is 11.6 Å². The predicted molar refractivity (Wildman–Crippen MR) is 66.7 cm³/mol. The van der Waals surface area contributed by atoms with Gasteiger partial charge in [0, 0.05) is 5.69 Å². The van der Waals surface area contributed by atoms with Gasteiger partial charge in [0.15, 0.2) is 6.73 Å². The topological polar surface area (TPSA) is 21.3 Å². The Morgan fingerprint density at radius 1 is 1.12 bits per heavy atom. The zero-order chi connectivity index (χ0) is 12.1. The first kappa shape index (κ1) is 11.5. The van der Waals surface area contributed by atoms with Crippen LogP contribution in [0.15, 0.2) is 48.5 Å². The summed E-state index contributed by atoms with van der Waals surface area (Å²) in [6, 6.07) is 14.0. The molecular formula is C14H14FNO. The molecule has 0 saturated heterocycles. The molecule has 0 heterocycles. The summed E-state index contributed by atoms with van der Waals surface area (Å²) in [6.07, 6.45) is 0. The molecule has 2 aromatic carbocycles. The summed E-state index contributed by atoms with van der Waals surface area (Å²) in [7, 11) is 0. The molecule has 3 heteroatoms. The van der Waals surface area contributed by atoms with E-state index in [2.05, 4.69) is 5.32 Å². The maximum Gasteiger partial charge on any atom is 0.159 e. The summed E-state index contributed by atoms with van der Waals surface area (Å²) in [5.74, 6) is 0.385. The van der Waals surface area contributed by atoms with Gasteiger partial charge in [-0.1, -0.05) is 12.1 Å². The Hall–Kier alpha value is -2.03. The van der Waals surface area contributed by atoms with Gasteiger partial charge in [0.2, 0.25) is 0 Å². The second-order valence-electron chi connectivity index (χ2n) is 3.79. The second kappa shape index (κ2) is 5.34. The van der Waals surface area contributed by atoms with Crippen LogP contribution in [0.2, 0.25) is 0 Å². The molecule has 88 valence electrons. The fraction of sp³-hybridized carbons (Fsp3) is 0.143. The summed E-state index contributed by atoms with van der Waals surface area (Å²) in [5.41, 5.74) is 2.20. The number of ether oxygens (including phenoxy) is 1. The van der Waals surface area contributed by atoms with Crippen LogP contribution in [-0.2, 0) is 0 Å². The van der Waals surface area contributed by atoms with E-state index in [0.717, 1.165) is 5.69 Å². The number of aryl methyl sites for hydroxylation is 1. The molecule has 0 atom stereocenters. The zero-order valence-electron chi connectivity index (χ0n) is 9.61. The van der Waals surface area contributed by atoms with Crippen molar-refractivity contribution in [3.63, 3.8) is 0 Å². The Bertz CT molecular complexity index is 482. The molecule has 0 amide bonds. The van der Waals surface area contributed by atoms with E-state index in [4.69, 9.17) is 4.74 Å². The minimum atomic E-state index is -0.260. The summed E-state index contributed by atoms with van der Waals surface area (Å²) in [4.78, 5) is 0. The summed E-state index contributed by atoms with van der Waals surface area (Å²) in [5, 5.41) is 3.13. The molecule has 0 aliphatic rings. The molecule has 0 aromatic heterocycles. The van der Waals surface area contributed by atoms with E-state index in [1.54, 1.807) is 12.1 Å². The number of halogens is 1. The lowest BCUT2D eigenvalue weighted by Gasteiger charge is -2.09. The van der Waals surface area contributed by atoms with Crippen LogP contribution in [0.3, 0.4) is 0 Å². The lowest BCUT2D eigenvalue weighted by molar-refractivity contribution is 0.346. The largest absolute Gasteiger partial charge is 0.473 e. The number of hydrogen-bond donors (Lipinski definition) is 1. The van der Waals surface area contributed by atoms with Crippen molar-refractivity contribution in [1.29, 1.82) is 0 Å². The number of benzene rings is 2. The molecule has 0 saturated carbocycles. The highest BCUT2D eigenvalue weighted by Gasteiger charge is 1.95. The fourth-order valence-corrected chi connectivity index (χ4v) is 1.49. The van der Waals surface area contributed by atoms with Crippen molar-refractivity contribution < 1.29 is 9.13 Å². The van der Waals surface area contributed by atoms with Gasteiger partial charge in [-0.25, -0.2) is 4.39 Å². The molecule has 0 aliphatic heterocycles. The van der Waals surface area contributed by atoms with Gasteiger partial charge < -0.3 is 10.1 Å². The molecule has 0 radical (unpaired) electrons.